The van der Waals surface area contributed by atoms with Crippen LogP contribution in [0.25, 0.3) is 10.9 Å². The molecule has 0 radical (unpaired) electrons. The topological polar surface area (TPSA) is 94.9 Å². The van der Waals surface area contributed by atoms with Crippen molar-refractivity contribution >= 4 is 34.1 Å². The first-order valence-corrected chi connectivity index (χ1v) is 9.21. The van der Waals surface area contributed by atoms with Gasteiger partial charge in [-0.2, -0.15) is 5.26 Å². The number of rotatable bonds is 4. The van der Waals surface area contributed by atoms with E-state index in [4.69, 9.17) is 5.26 Å². The second-order valence-corrected chi connectivity index (χ2v) is 6.52. The molecule has 0 aliphatic rings. The van der Waals surface area contributed by atoms with Crippen LogP contribution in [0.2, 0.25) is 0 Å². The highest BCUT2D eigenvalue weighted by molar-refractivity contribution is 6.09. The van der Waals surface area contributed by atoms with Gasteiger partial charge in [-0.05, 0) is 48.5 Å². The number of pyridine rings is 1. The molecule has 2 amide bonds. The molecule has 1 heterocycles. The Morgan fingerprint density at radius 2 is 1.33 bits per heavy atom. The highest BCUT2D eigenvalue weighted by Gasteiger charge is 2.12. The molecule has 30 heavy (non-hydrogen) atoms. The molecule has 0 spiro atoms. The fourth-order valence-corrected chi connectivity index (χ4v) is 3.06. The molecule has 3 aromatic carbocycles. The molecule has 0 unspecified atom stereocenters. The number of carbonyl (C=O) groups excluding carboxylic acids is 2. The van der Waals surface area contributed by atoms with Gasteiger partial charge in [0.05, 0.1) is 22.5 Å². The normalized spacial score (nSPS) is 10.2. The molecule has 0 saturated carbocycles. The predicted molar refractivity (Wildman–Crippen MR) is 115 cm³/mol. The number of hydrogen-bond acceptors (Lipinski definition) is 4. The average molecular weight is 392 g/mol. The summed E-state index contributed by atoms with van der Waals surface area (Å²) >= 11 is 0. The highest BCUT2D eigenvalue weighted by atomic mass is 16.2. The number of nitrogens with one attached hydrogen (secondary N) is 2. The number of amides is 2. The van der Waals surface area contributed by atoms with Crippen LogP contribution in [0.3, 0.4) is 0 Å². The molecule has 0 atom stereocenters. The van der Waals surface area contributed by atoms with Gasteiger partial charge in [0.1, 0.15) is 6.07 Å². The summed E-state index contributed by atoms with van der Waals surface area (Å²) in [5, 5.41) is 15.6. The summed E-state index contributed by atoms with van der Waals surface area (Å²) in [4.78, 5) is 29.4. The van der Waals surface area contributed by atoms with Crippen LogP contribution in [-0.2, 0) is 0 Å². The van der Waals surface area contributed by atoms with Gasteiger partial charge in [-0.3, -0.25) is 14.6 Å². The second kappa shape index (κ2) is 8.25. The summed E-state index contributed by atoms with van der Waals surface area (Å²) in [6, 6.07) is 24.4. The third kappa shape index (κ3) is 3.86. The Balaban J connectivity index is 1.49. The molecule has 0 fully saturated rings. The molecule has 2 N–H and O–H groups in total. The molecule has 0 aliphatic heterocycles. The van der Waals surface area contributed by atoms with E-state index in [0.717, 1.165) is 5.39 Å². The number of nitrogens with zero attached hydrogens (tertiary/aromatic N) is 2. The minimum Gasteiger partial charge on any atom is -0.321 e. The molecule has 6 nitrogen and oxygen atoms in total. The Hall–Kier alpha value is -4.50. The Morgan fingerprint density at radius 3 is 2.03 bits per heavy atom. The van der Waals surface area contributed by atoms with E-state index in [2.05, 4.69) is 15.6 Å². The summed E-state index contributed by atoms with van der Waals surface area (Å²) in [6.45, 7) is 0. The monoisotopic (exact) mass is 392 g/mol. The van der Waals surface area contributed by atoms with Gasteiger partial charge < -0.3 is 10.6 Å². The zero-order valence-electron chi connectivity index (χ0n) is 15.8. The molecular formula is C24H16N4O2. The molecule has 0 bridgehead atoms. The van der Waals surface area contributed by atoms with Gasteiger partial charge in [0.25, 0.3) is 11.8 Å². The summed E-state index contributed by atoms with van der Waals surface area (Å²) in [7, 11) is 0. The largest absolute Gasteiger partial charge is 0.321 e. The minimum atomic E-state index is -0.358. The lowest BCUT2D eigenvalue weighted by Gasteiger charge is -2.09. The lowest BCUT2D eigenvalue weighted by atomic mass is 10.1. The van der Waals surface area contributed by atoms with Gasteiger partial charge in [0.2, 0.25) is 0 Å². The van der Waals surface area contributed by atoms with E-state index in [1.54, 1.807) is 60.8 Å². The van der Waals surface area contributed by atoms with Crippen LogP contribution in [0.5, 0.6) is 0 Å². The quantitative estimate of drug-likeness (QED) is 0.530. The fourth-order valence-electron chi connectivity index (χ4n) is 3.06. The number of nitriles is 1. The van der Waals surface area contributed by atoms with Crippen LogP contribution in [0.1, 0.15) is 26.3 Å². The number of carbonyl (C=O) groups is 2. The molecule has 0 saturated heterocycles. The number of benzene rings is 3. The van der Waals surface area contributed by atoms with Crippen molar-refractivity contribution in [2.45, 2.75) is 0 Å². The van der Waals surface area contributed by atoms with Crippen molar-refractivity contribution in [2.24, 2.45) is 0 Å². The first kappa shape index (κ1) is 18.8. The number of para-hydroxylation sites is 2. The maximum Gasteiger partial charge on any atom is 0.255 e. The van der Waals surface area contributed by atoms with E-state index in [-0.39, 0.29) is 11.8 Å². The lowest BCUT2D eigenvalue weighted by molar-refractivity contribution is 0.101. The Morgan fingerprint density at radius 1 is 0.733 bits per heavy atom. The van der Waals surface area contributed by atoms with Gasteiger partial charge in [0.15, 0.2) is 0 Å². The molecule has 4 aromatic rings. The molecule has 4 rings (SSSR count). The van der Waals surface area contributed by atoms with Gasteiger partial charge in [-0.25, -0.2) is 0 Å². The Kier molecular flexibility index (Phi) is 5.18. The van der Waals surface area contributed by atoms with Crippen LogP contribution in [0.4, 0.5) is 11.4 Å². The first-order chi connectivity index (χ1) is 14.7. The van der Waals surface area contributed by atoms with E-state index in [1.165, 1.54) is 0 Å². The summed E-state index contributed by atoms with van der Waals surface area (Å²) in [5.74, 6) is -0.655. The summed E-state index contributed by atoms with van der Waals surface area (Å²) < 4.78 is 0. The van der Waals surface area contributed by atoms with Crippen LogP contribution in [0, 0.1) is 11.3 Å². The number of anilines is 2. The SMILES string of the molecule is N#Cc1ccccc1NC(=O)c1ccc(C(=O)Nc2cccc3cccnc23)cc1. The van der Waals surface area contributed by atoms with E-state index < -0.39 is 0 Å². The highest BCUT2D eigenvalue weighted by Crippen LogP contribution is 2.21. The third-order valence-corrected chi connectivity index (χ3v) is 4.59. The smallest absolute Gasteiger partial charge is 0.255 e. The van der Waals surface area contributed by atoms with Crippen molar-refractivity contribution in [1.29, 1.82) is 5.26 Å². The zero-order valence-corrected chi connectivity index (χ0v) is 15.8. The van der Waals surface area contributed by atoms with E-state index in [0.29, 0.717) is 33.6 Å². The van der Waals surface area contributed by atoms with Crippen molar-refractivity contribution in [3.63, 3.8) is 0 Å². The maximum atomic E-state index is 12.6. The first-order valence-electron chi connectivity index (χ1n) is 9.21. The van der Waals surface area contributed by atoms with E-state index in [9.17, 15) is 9.59 Å². The Bertz CT molecular complexity index is 1290. The standard InChI is InChI=1S/C24H16N4O2/c25-15-19-5-1-2-8-20(19)27-23(29)17-10-12-18(13-11-17)24(30)28-21-9-3-6-16-7-4-14-26-22(16)21/h1-14H,(H,27,29)(H,28,30). The van der Waals surface area contributed by atoms with Gasteiger partial charge in [-0.15, -0.1) is 0 Å². The van der Waals surface area contributed by atoms with Crippen LogP contribution in [-0.4, -0.2) is 16.8 Å². The van der Waals surface area contributed by atoms with Crippen LogP contribution >= 0.6 is 0 Å². The predicted octanol–water partition coefficient (Wildman–Crippen LogP) is 4.61. The van der Waals surface area contributed by atoms with E-state index in [1.807, 2.05) is 30.3 Å². The van der Waals surface area contributed by atoms with E-state index >= 15 is 0 Å². The molecule has 6 heteroatoms. The van der Waals surface area contributed by atoms with Gasteiger partial charge >= 0.3 is 0 Å². The molecule has 0 aliphatic carbocycles. The average Bonchev–Trinajstić information content (AvgIpc) is 2.79. The number of hydrogen-bond donors (Lipinski definition) is 2. The van der Waals surface area contributed by atoms with Gasteiger partial charge in [0, 0.05) is 22.7 Å². The van der Waals surface area contributed by atoms with Crippen molar-refractivity contribution < 1.29 is 9.59 Å². The molecular weight excluding hydrogens is 376 g/mol. The maximum absolute atomic E-state index is 12.6. The summed E-state index contributed by atoms with van der Waals surface area (Å²) in [6.07, 6.45) is 1.68. The van der Waals surface area contributed by atoms with Crippen molar-refractivity contribution in [2.75, 3.05) is 10.6 Å². The molecule has 1 aromatic heterocycles. The lowest BCUT2D eigenvalue weighted by Crippen LogP contribution is -2.15. The third-order valence-electron chi connectivity index (χ3n) is 4.59. The Labute approximate surface area is 172 Å². The minimum absolute atomic E-state index is 0.296. The summed E-state index contributed by atoms with van der Waals surface area (Å²) in [5.41, 5.74) is 2.94. The number of fused-ring (bicyclic) bond motifs is 1. The van der Waals surface area contributed by atoms with Crippen molar-refractivity contribution in [3.05, 3.63) is 102 Å². The number of aromatic nitrogens is 1. The zero-order chi connectivity index (χ0) is 20.9. The van der Waals surface area contributed by atoms with Gasteiger partial charge in [-0.1, -0.05) is 30.3 Å². The van der Waals surface area contributed by atoms with Crippen LogP contribution < -0.4 is 10.6 Å². The van der Waals surface area contributed by atoms with Crippen molar-refractivity contribution in [3.8, 4) is 6.07 Å². The van der Waals surface area contributed by atoms with Crippen LogP contribution in [0.15, 0.2) is 85.1 Å². The second-order valence-electron chi connectivity index (χ2n) is 6.52. The molecule has 144 valence electrons. The fraction of sp³-hybridized carbons (Fsp3) is 0. The van der Waals surface area contributed by atoms with Crippen molar-refractivity contribution in [1.82, 2.24) is 4.98 Å².